The lowest BCUT2D eigenvalue weighted by Gasteiger charge is -2.08. The molecule has 0 amide bonds. The fourth-order valence-electron chi connectivity index (χ4n) is 1.47. The van der Waals surface area contributed by atoms with E-state index in [4.69, 9.17) is 10.5 Å². The number of benzene rings is 1. The quantitative estimate of drug-likeness (QED) is 0.864. The standard InChI is InChI=1S/C12H12BrN3O/c1-7-3-4-9(8(2)5-7)17-12-15-10(13)6-11(14)16-12/h3-6H,1-2H3,(H2,14,15,16). The van der Waals surface area contributed by atoms with Crippen molar-refractivity contribution in [2.75, 3.05) is 5.73 Å². The van der Waals surface area contributed by atoms with Crippen LogP contribution in [0.5, 0.6) is 11.8 Å². The highest BCUT2D eigenvalue weighted by molar-refractivity contribution is 9.10. The first-order valence-electron chi connectivity index (χ1n) is 5.10. The topological polar surface area (TPSA) is 61.0 Å². The summed E-state index contributed by atoms with van der Waals surface area (Å²) >= 11 is 3.25. The lowest BCUT2D eigenvalue weighted by Crippen LogP contribution is -1.98. The van der Waals surface area contributed by atoms with Gasteiger partial charge in [0.15, 0.2) is 0 Å². The Morgan fingerprint density at radius 1 is 1.18 bits per heavy atom. The van der Waals surface area contributed by atoms with Gasteiger partial charge in [0.25, 0.3) is 0 Å². The molecule has 2 rings (SSSR count). The Balaban J connectivity index is 2.31. The zero-order valence-corrected chi connectivity index (χ0v) is 11.2. The van der Waals surface area contributed by atoms with Crippen LogP contribution in [0.2, 0.25) is 0 Å². The van der Waals surface area contributed by atoms with Crippen LogP contribution in [0, 0.1) is 13.8 Å². The zero-order valence-electron chi connectivity index (χ0n) is 9.57. The number of nitrogens with two attached hydrogens (primary N) is 1. The van der Waals surface area contributed by atoms with Crippen molar-refractivity contribution in [3.8, 4) is 11.8 Å². The highest BCUT2D eigenvalue weighted by Gasteiger charge is 2.06. The molecule has 1 aromatic heterocycles. The van der Waals surface area contributed by atoms with Crippen LogP contribution in [0.25, 0.3) is 0 Å². The predicted molar refractivity (Wildman–Crippen MR) is 70.1 cm³/mol. The Hall–Kier alpha value is -1.62. The minimum Gasteiger partial charge on any atom is -0.424 e. The maximum atomic E-state index is 5.61. The zero-order chi connectivity index (χ0) is 12.4. The number of ether oxygens (including phenoxy) is 1. The number of rotatable bonds is 2. The van der Waals surface area contributed by atoms with Gasteiger partial charge < -0.3 is 10.5 Å². The summed E-state index contributed by atoms with van der Waals surface area (Å²) < 4.78 is 6.20. The van der Waals surface area contributed by atoms with E-state index in [9.17, 15) is 0 Å². The van der Waals surface area contributed by atoms with Gasteiger partial charge in [0.1, 0.15) is 16.2 Å². The van der Waals surface area contributed by atoms with E-state index in [0.717, 1.165) is 11.3 Å². The fraction of sp³-hybridized carbons (Fsp3) is 0.167. The molecule has 0 saturated carbocycles. The van der Waals surface area contributed by atoms with Crippen LogP contribution in [0.4, 0.5) is 5.82 Å². The molecule has 0 atom stereocenters. The molecule has 0 bridgehead atoms. The van der Waals surface area contributed by atoms with Crippen LogP contribution in [-0.4, -0.2) is 9.97 Å². The molecule has 0 radical (unpaired) electrons. The van der Waals surface area contributed by atoms with E-state index in [1.807, 2.05) is 32.0 Å². The average Bonchev–Trinajstić information content (AvgIpc) is 2.21. The van der Waals surface area contributed by atoms with E-state index in [2.05, 4.69) is 25.9 Å². The number of aromatic nitrogens is 2. The maximum Gasteiger partial charge on any atom is 0.325 e. The van der Waals surface area contributed by atoms with Gasteiger partial charge in [0.2, 0.25) is 0 Å². The summed E-state index contributed by atoms with van der Waals surface area (Å²) in [4.78, 5) is 8.10. The highest BCUT2D eigenvalue weighted by Crippen LogP contribution is 2.24. The Bertz CT molecular complexity index is 537. The minimum absolute atomic E-state index is 0.240. The third kappa shape index (κ3) is 2.94. The van der Waals surface area contributed by atoms with E-state index in [-0.39, 0.29) is 6.01 Å². The molecule has 2 aromatic rings. The van der Waals surface area contributed by atoms with Gasteiger partial charge in [-0.25, -0.2) is 0 Å². The van der Waals surface area contributed by atoms with Gasteiger partial charge >= 0.3 is 6.01 Å². The van der Waals surface area contributed by atoms with Gasteiger partial charge in [-0.2, -0.15) is 9.97 Å². The number of anilines is 1. The number of halogens is 1. The number of nitrogen functional groups attached to an aromatic ring is 1. The lowest BCUT2D eigenvalue weighted by molar-refractivity contribution is 0.438. The summed E-state index contributed by atoms with van der Waals surface area (Å²) in [6.07, 6.45) is 0. The lowest BCUT2D eigenvalue weighted by atomic mass is 10.1. The Morgan fingerprint density at radius 2 is 1.94 bits per heavy atom. The number of aryl methyl sites for hydroxylation is 2. The SMILES string of the molecule is Cc1ccc(Oc2nc(N)cc(Br)n2)c(C)c1. The van der Waals surface area contributed by atoms with Crippen LogP contribution in [0.15, 0.2) is 28.9 Å². The Morgan fingerprint density at radius 3 is 2.59 bits per heavy atom. The van der Waals surface area contributed by atoms with E-state index in [0.29, 0.717) is 10.4 Å². The largest absolute Gasteiger partial charge is 0.424 e. The monoisotopic (exact) mass is 293 g/mol. The molecule has 0 spiro atoms. The molecule has 1 aromatic carbocycles. The summed E-state index contributed by atoms with van der Waals surface area (Å²) in [7, 11) is 0. The molecular formula is C12H12BrN3O. The summed E-state index contributed by atoms with van der Waals surface area (Å²) in [6, 6.07) is 7.77. The van der Waals surface area contributed by atoms with Gasteiger partial charge in [-0.1, -0.05) is 17.7 Å². The molecule has 4 nitrogen and oxygen atoms in total. The normalized spacial score (nSPS) is 10.3. The van der Waals surface area contributed by atoms with Crippen molar-refractivity contribution in [2.24, 2.45) is 0 Å². The third-order valence-electron chi connectivity index (χ3n) is 2.23. The smallest absolute Gasteiger partial charge is 0.325 e. The predicted octanol–water partition coefficient (Wildman–Crippen LogP) is 3.23. The number of hydrogen-bond donors (Lipinski definition) is 1. The van der Waals surface area contributed by atoms with Crippen molar-refractivity contribution in [3.05, 3.63) is 40.0 Å². The molecular weight excluding hydrogens is 282 g/mol. The number of hydrogen-bond acceptors (Lipinski definition) is 4. The molecule has 0 saturated heterocycles. The number of nitrogens with zero attached hydrogens (tertiary/aromatic N) is 2. The third-order valence-corrected chi connectivity index (χ3v) is 2.63. The summed E-state index contributed by atoms with van der Waals surface area (Å²) in [5.74, 6) is 1.10. The van der Waals surface area contributed by atoms with Crippen molar-refractivity contribution in [2.45, 2.75) is 13.8 Å². The van der Waals surface area contributed by atoms with Gasteiger partial charge in [0, 0.05) is 6.07 Å². The van der Waals surface area contributed by atoms with Crippen LogP contribution < -0.4 is 10.5 Å². The van der Waals surface area contributed by atoms with E-state index in [1.165, 1.54) is 5.56 Å². The van der Waals surface area contributed by atoms with Crippen LogP contribution in [0.1, 0.15) is 11.1 Å². The van der Waals surface area contributed by atoms with Crippen molar-refractivity contribution < 1.29 is 4.74 Å². The Kier molecular flexibility index (Phi) is 3.28. The summed E-state index contributed by atoms with van der Waals surface area (Å²) in [5.41, 5.74) is 7.83. The van der Waals surface area contributed by atoms with Gasteiger partial charge in [-0.3, -0.25) is 0 Å². The Labute approximate surface area is 108 Å². The van der Waals surface area contributed by atoms with E-state index < -0.39 is 0 Å². The first-order valence-corrected chi connectivity index (χ1v) is 5.89. The minimum atomic E-state index is 0.240. The summed E-state index contributed by atoms with van der Waals surface area (Å²) in [6.45, 7) is 4.01. The molecule has 17 heavy (non-hydrogen) atoms. The second kappa shape index (κ2) is 4.71. The van der Waals surface area contributed by atoms with E-state index in [1.54, 1.807) is 6.07 Å². The molecule has 0 aliphatic rings. The molecule has 0 unspecified atom stereocenters. The molecule has 5 heteroatoms. The van der Waals surface area contributed by atoms with Gasteiger partial charge in [-0.15, -0.1) is 0 Å². The van der Waals surface area contributed by atoms with Crippen molar-refractivity contribution >= 4 is 21.7 Å². The van der Waals surface area contributed by atoms with Crippen LogP contribution in [0.3, 0.4) is 0 Å². The van der Waals surface area contributed by atoms with E-state index >= 15 is 0 Å². The molecule has 88 valence electrons. The molecule has 1 heterocycles. The van der Waals surface area contributed by atoms with Gasteiger partial charge in [0.05, 0.1) is 0 Å². The van der Waals surface area contributed by atoms with Crippen molar-refractivity contribution in [1.82, 2.24) is 9.97 Å². The molecule has 2 N–H and O–H groups in total. The van der Waals surface area contributed by atoms with Crippen LogP contribution in [-0.2, 0) is 0 Å². The average molecular weight is 294 g/mol. The molecule has 0 fully saturated rings. The summed E-state index contributed by atoms with van der Waals surface area (Å²) in [5, 5.41) is 0. The molecule has 0 aliphatic carbocycles. The second-order valence-corrected chi connectivity index (χ2v) is 4.58. The highest BCUT2D eigenvalue weighted by atomic mass is 79.9. The maximum absolute atomic E-state index is 5.61. The first kappa shape index (κ1) is 11.9. The molecule has 0 aliphatic heterocycles. The van der Waals surface area contributed by atoms with Crippen LogP contribution >= 0.6 is 15.9 Å². The van der Waals surface area contributed by atoms with Crippen molar-refractivity contribution in [1.29, 1.82) is 0 Å². The first-order chi connectivity index (χ1) is 8.04. The fourth-order valence-corrected chi connectivity index (χ4v) is 1.86. The second-order valence-electron chi connectivity index (χ2n) is 3.77. The van der Waals surface area contributed by atoms with Gasteiger partial charge in [-0.05, 0) is 41.4 Å². The van der Waals surface area contributed by atoms with Crippen molar-refractivity contribution in [3.63, 3.8) is 0 Å².